The second-order valence-electron chi connectivity index (χ2n) is 5.22. The summed E-state index contributed by atoms with van der Waals surface area (Å²) >= 11 is 2.06. The Morgan fingerprint density at radius 3 is 2.71 bits per heavy atom. The molecule has 0 aliphatic carbocycles. The van der Waals surface area contributed by atoms with Crippen LogP contribution in [0.4, 0.5) is 19.0 Å². The lowest BCUT2D eigenvalue weighted by atomic mass is 10.1. The first-order valence-corrected chi connectivity index (χ1v) is 7.97. The number of carbonyl (C=O) groups excluding carboxylic acids is 1. The van der Waals surface area contributed by atoms with Crippen LogP contribution in [0.1, 0.15) is 21.5 Å². The Labute approximate surface area is 148 Å². The van der Waals surface area contributed by atoms with Crippen molar-refractivity contribution in [1.82, 2.24) is 10.2 Å². The van der Waals surface area contributed by atoms with Gasteiger partial charge in [-0.05, 0) is 59.3 Å². The van der Waals surface area contributed by atoms with Gasteiger partial charge in [-0.2, -0.15) is 18.3 Å². The number of nitrogens with one attached hydrogen (secondary N) is 2. The lowest BCUT2D eigenvalue weighted by molar-refractivity contribution is -0.137. The van der Waals surface area contributed by atoms with Gasteiger partial charge in [0.2, 0.25) is 0 Å². The van der Waals surface area contributed by atoms with Crippen molar-refractivity contribution >= 4 is 45.2 Å². The molecule has 2 aromatic carbocycles. The smallest absolute Gasteiger partial charge is 0.305 e. The number of aryl methyl sites for hydroxylation is 1. The highest BCUT2D eigenvalue weighted by Gasteiger charge is 2.31. The molecular formula is C16H11F3IN3O. The number of nitrogens with zero attached hydrogens (tertiary/aromatic N) is 1. The maximum atomic E-state index is 12.9. The van der Waals surface area contributed by atoms with Gasteiger partial charge < -0.3 is 5.32 Å². The van der Waals surface area contributed by atoms with Crippen LogP contribution in [-0.4, -0.2) is 16.1 Å². The number of aromatic amines is 1. The predicted octanol–water partition coefficient (Wildman–Crippen LogP) is 4.75. The number of carbonyl (C=O) groups is 1. The molecule has 4 nitrogen and oxygen atoms in total. The standard InChI is InChI=1S/C16H11F3IN3O/c1-8-3-2-4-10(13(8)20)15(24)21-14-11-7-9(16(17,18)19)5-6-12(11)22-23-14/h2-7H,1H3,(H2,21,22,23,24). The minimum atomic E-state index is -4.46. The first kappa shape index (κ1) is 16.7. The van der Waals surface area contributed by atoms with E-state index in [1.807, 2.05) is 13.0 Å². The van der Waals surface area contributed by atoms with E-state index in [1.165, 1.54) is 6.07 Å². The first-order valence-electron chi connectivity index (χ1n) is 6.89. The van der Waals surface area contributed by atoms with Gasteiger partial charge in [0.1, 0.15) is 0 Å². The third-order valence-electron chi connectivity index (χ3n) is 3.56. The van der Waals surface area contributed by atoms with Crippen molar-refractivity contribution in [1.29, 1.82) is 0 Å². The highest BCUT2D eigenvalue weighted by Crippen LogP contribution is 2.33. The van der Waals surface area contributed by atoms with Gasteiger partial charge in [0.25, 0.3) is 5.91 Å². The lowest BCUT2D eigenvalue weighted by Gasteiger charge is -2.08. The van der Waals surface area contributed by atoms with E-state index in [4.69, 9.17) is 0 Å². The van der Waals surface area contributed by atoms with Crippen LogP contribution in [0, 0.1) is 10.5 Å². The van der Waals surface area contributed by atoms with Crippen molar-refractivity contribution in [2.45, 2.75) is 13.1 Å². The van der Waals surface area contributed by atoms with Crippen molar-refractivity contribution in [3.05, 3.63) is 56.7 Å². The zero-order valence-electron chi connectivity index (χ0n) is 12.3. The van der Waals surface area contributed by atoms with Gasteiger partial charge in [-0.15, -0.1) is 0 Å². The van der Waals surface area contributed by atoms with Crippen LogP contribution in [0.25, 0.3) is 10.9 Å². The monoisotopic (exact) mass is 445 g/mol. The van der Waals surface area contributed by atoms with Crippen LogP contribution < -0.4 is 5.32 Å². The lowest BCUT2D eigenvalue weighted by Crippen LogP contribution is -2.14. The molecular weight excluding hydrogens is 434 g/mol. The van der Waals surface area contributed by atoms with E-state index < -0.39 is 17.6 Å². The molecule has 0 spiro atoms. The minimum absolute atomic E-state index is 0.0680. The molecule has 0 bridgehead atoms. The summed E-state index contributed by atoms with van der Waals surface area (Å²) in [6.45, 7) is 1.87. The summed E-state index contributed by atoms with van der Waals surface area (Å²) < 4.78 is 39.4. The van der Waals surface area contributed by atoms with E-state index in [0.717, 1.165) is 21.3 Å². The van der Waals surface area contributed by atoms with Crippen LogP contribution in [0.15, 0.2) is 36.4 Å². The van der Waals surface area contributed by atoms with E-state index >= 15 is 0 Å². The number of anilines is 1. The molecule has 3 rings (SSSR count). The van der Waals surface area contributed by atoms with Gasteiger partial charge in [-0.25, -0.2) is 0 Å². The average molecular weight is 445 g/mol. The fraction of sp³-hybridized carbons (Fsp3) is 0.125. The molecule has 8 heteroatoms. The number of fused-ring (bicyclic) bond motifs is 1. The minimum Gasteiger partial charge on any atom is -0.305 e. The van der Waals surface area contributed by atoms with Crippen LogP contribution in [0.5, 0.6) is 0 Å². The van der Waals surface area contributed by atoms with E-state index in [1.54, 1.807) is 12.1 Å². The van der Waals surface area contributed by atoms with Crippen molar-refractivity contribution in [2.75, 3.05) is 5.32 Å². The molecule has 0 aliphatic heterocycles. The third-order valence-corrected chi connectivity index (χ3v) is 4.99. The summed E-state index contributed by atoms with van der Waals surface area (Å²) in [5.74, 6) is -0.354. The maximum Gasteiger partial charge on any atom is 0.416 e. The van der Waals surface area contributed by atoms with Gasteiger partial charge in [0, 0.05) is 8.96 Å². The molecule has 1 amide bonds. The number of aromatic nitrogens is 2. The van der Waals surface area contributed by atoms with E-state index in [0.29, 0.717) is 11.1 Å². The molecule has 1 heterocycles. The second-order valence-corrected chi connectivity index (χ2v) is 6.30. The topological polar surface area (TPSA) is 57.8 Å². The van der Waals surface area contributed by atoms with Crippen molar-refractivity contribution in [3.63, 3.8) is 0 Å². The highest BCUT2D eigenvalue weighted by molar-refractivity contribution is 14.1. The molecule has 0 radical (unpaired) electrons. The normalized spacial score (nSPS) is 11.7. The van der Waals surface area contributed by atoms with Gasteiger partial charge in [-0.1, -0.05) is 12.1 Å². The number of benzene rings is 2. The zero-order chi connectivity index (χ0) is 17.5. The number of amides is 1. The molecule has 0 aliphatic rings. The molecule has 124 valence electrons. The van der Waals surface area contributed by atoms with Crippen LogP contribution in [0.3, 0.4) is 0 Å². The fourth-order valence-electron chi connectivity index (χ4n) is 2.28. The quantitative estimate of drug-likeness (QED) is 0.560. The Morgan fingerprint density at radius 2 is 2.00 bits per heavy atom. The van der Waals surface area contributed by atoms with E-state index in [9.17, 15) is 18.0 Å². The summed E-state index contributed by atoms with van der Waals surface area (Å²) in [6.07, 6.45) is -4.46. The summed E-state index contributed by atoms with van der Waals surface area (Å²) in [5, 5.41) is 9.31. The number of hydrogen-bond acceptors (Lipinski definition) is 2. The van der Waals surface area contributed by atoms with Crippen LogP contribution in [0.2, 0.25) is 0 Å². The molecule has 0 saturated heterocycles. The molecule has 1 aromatic heterocycles. The van der Waals surface area contributed by atoms with Crippen LogP contribution in [-0.2, 0) is 6.18 Å². The van der Waals surface area contributed by atoms with Gasteiger partial charge >= 0.3 is 6.18 Å². The Hall–Kier alpha value is -2.10. The summed E-state index contributed by atoms with van der Waals surface area (Å²) in [6, 6.07) is 8.50. The zero-order valence-corrected chi connectivity index (χ0v) is 14.5. The van der Waals surface area contributed by atoms with Crippen molar-refractivity contribution in [3.8, 4) is 0 Å². The molecule has 0 saturated carbocycles. The summed E-state index contributed by atoms with van der Waals surface area (Å²) in [5.41, 5.74) is 1.00. The number of alkyl halides is 3. The SMILES string of the molecule is Cc1cccc(C(=O)Nc2n[nH]c3ccc(C(F)(F)F)cc23)c1I. The largest absolute Gasteiger partial charge is 0.416 e. The second kappa shape index (κ2) is 6.08. The summed E-state index contributed by atoms with van der Waals surface area (Å²) in [4.78, 5) is 12.4. The van der Waals surface area contributed by atoms with Crippen molar-refractivity contribution in [2.24, 2.45) is 0 Å². The molecule has 0 atom stereocenters. The highest BCUT2D eigenvalue weighted by atomic mass is 127. The van der Waals surface area contributed by atoms with E-state index in [2.05, 4.69) is 38.1 Å². The molecule has 3 aromatic rings. The fourth-order valence-corrected chi connectivity index (χ4v) is 2.89. The maximum absolute atomic E-state index is 12.9. The Kier molecular flexibility index (Phi) is 4.24. The number of halogens is 4. The summed E-state index contributed by atoms with van der Waals surface area (Å²) in [7, 11) is 0. The Morgan fingerprint density at radius 1 is 1.25 bits per heavy atom. The molecule has 24 heavy (non-hydrogen) atoms. The molecule has 0 fully saturated rings. The third kappa shape index (κ3) is 3.10. The Balaban J connectivity index is 1.98. The van der Waals surface area contributed by atoms with Crippen LogP contribution >= 0.6 is 22.6 Å². The Bertz CT molecular complexity index is 934. The van der Waals surface area contributed by atoms with Gasteiger partial charge in [0.05, 0.1) is 16.6 Å². The average Bonchev–Trinajstić information content (AvgIpc) is 2.91. The molecule has 2 N–H and O–H groups in total. The predicted molar refractivity (Wildman–Crippen MR) is 92.9 cm³/mol. The van der Waals surface area contributed by atoms with Gasteiger partial charge in [0.15, 0.2) is 5.82 Å². The molecule has 0 unspecified atom stereocenters. The first-order chi connectivity index (χ1) is 11.3. The van der Waals surface area contributed by atoms with E-state index in [-0.39, 0.29) is 11.2 Å². The number of rotatable bonds is 2. The van der Waals surface area contributed by atoms with Gasteiger partial charge in [-0.3, -0.25) is 9.89 Å². The van der Waals surface area contributed by atoms with Crippen molar-refractivity contribution < 1.29 is 18.0 Å². The number of hydrogen-bond donors (Lipinski definition) is 2. The number of H-pyrrole nitrogens is 1.